The Balaban J connectivity index is 1.39. The zero-order chi connectivity index (χ0) is 44.9. The van der Waals surface area contributed by atoms with Gasteiger partial charge in [-0.3, -0.25) is 19.2 Å². The number of ketones is 2. The lowest BCUT2D eigenvalue weighted by Crippen LogP contribution is -2.82. The van der Waals surface area contributed by atoms with Crippen molar-refractivity contribution in [2.75, 3.05) is 6.61 Å². The molecule has 3 aromatic rings. The lowest BCUT2D eigenvalue weighted by Gasteiger charge is -2.67. The first-order valence-electron chi connectivity index (χ1n) is 20.7. The summed E-state index contributed by atoms with van der Waals surface area (Å²) in [4.78, 5) is 83.6. The Morgan fingerprint density at radius 3 is 1.95 bits per heavy atom. The van der Waals surface area contributed by atoms with Crippen LogP contribution in [0.25, 0.3) is 0 Å². The summed E-state index contributed by atoms with van der Waals surface area (Å²) in [5, 5.41) is 37.6. The molecule has 2 unspecified atom stereocenters. The molecule has 11 atom stereocenters. The van der Waals surface area contributed by atoms with Crippen LogP contribution < -0.4 is 0 Å². The van der Waals surface area contributed by atoms with Crippen LogP contribution in [0, 0.1) is 16.7 Å². The van der Waals surface area contributed by atoms with Gasteiger partial charge in [0.05, 0.1) is 29.6 Å². The van der Waals surface area contributed by atoms with Crippen molar-refractivity contribution >= 4 is 35.4 Å². The molecular weight excluding hydrogens is 801 g/mol. The largest absolute Gasteiger partial charge is 0.456 e. The molecule has 3 aromatic carbocycles. The van der Waals surface area contributed by atoms with Crippen molar-refractivity contribution < 1.29 is 67.8 Å². The number of esters is 4. The maximum atomic E-state index is 15.5. The quantitative estimate of drug-likeness (QED) is 0.104. The van der Waals surface area contributed by atoms with Gasteiger partial charge in [-0.2, -0.15) is 0 Å². The minimum atomic E-state index is -2.38. The summed E-state index contributed by atoms with van der Waals surface area (Å²) >= 11 is 0. The van der Waals surface area contributed by atoms with Crippen molar-refractivity contribution in [2.24, 2.45) is 16.7 Å². The number of fused-ring (bicyclic) bond motifs is 5. The number of rotatable bonds is 11. The van der Waals surface area contributed by atoms with Gasteiger partial charge in [-0.1, -0.05) is 92.7 Å². The van der Waals surface area contributed by atoms with Gasteiger partial charge in [0.1, 0.15) is 23.9 Å². The molecule has 0 amide bonds. The number of hydrogen-bond donors (Lipinski definition) is 3. The van der Waals surface area contributed by atoms with E-state index in [9.17, 15) is 39.3 Å². The molecule has 0 radical (unpaired) electrons. The van der Waals surface area contributed by atoms with Crippen LogP contribution in [-0.2, 0) is 42.9 Å². The molecule has 328 valence electrons. The predicted molar refractivity (Wildman–Crippen MR) is 219 cm³/mol. The van der Waals surface area contributed by atoms with E-state index in [1.807, 2.05) is 0 Å². The first-order chi connectivity index (χ1) is 29.3. The lowest BCUT2D eigenvalue weighted by molar-refractivity contribution is -0.346. The molecule has 3 fully saturated rings. The third-order valence-electron chi connectivity index (χ3n) is 13.8. The fourth-order valence-electron chi connectivity index (χ4n) is 10.4. The van der Waals surface area contributed by atoms with Crippen molar-refractivity contribution in [3.63, 3.8) is 0 Å². The highest BCUT2D eigenvalue weighted by molar-refractivity contribution is 5.97. The molecular formula is C48H52O14. The molecule has 2 saturated carbocycles. The summed E-state index contributed by atoms with van der Waals surface area (Å²) < 4.78 is 30.3. The Hall–Kier alpha value is -5.54. The minimum Gasteiger partial charge on any atom is -0.456 e. The average Bonchev–Trinajstić information content (AvgIpc) is 3.24. The normalized spacial score (nSPS) is 31.9. The van der Waals surface area contributed by atoms with Crippen LogP contribution in [0.1, 0.15) is 93.0 Å². The van der Waals surface area contributed by atoms with Gasteiger partial charge >= 0.3 is 23.9 Å². The van der Waals surface area contributed by atoms with Crippen LogP contribution in [0.5, 0.6) is 0 Å². The number of ether oxygens (including phenoxy) is 5. The monoisotopic (exact) mass is 852 g/mol. The van der Waals surface area contributed by atoms with E-state index in [0.717, 1.165) is 13.8 Å². The van der Waals surface area contributed by atoms with E-state index >= 15 is 4.79 Å². The van der Waals surface area contributed by atoms with Crippen molar-refractivity contribution in [1.29, 1.82) is 0 Å². The van der Waals surface area contributed by atoms with Crippen molar-refractivity contribution in [1.82, 2.24) is 0 Å². The van der Waals surface area contributed by atoms with Gasteiger partial charge in [0, 0.05) is 50.0 Å². The second-order valence-corrected chi connectivity index (χ2v) is 17.6. The minimum absolute atomic E-state index is 0.0127. The molecule has 2 bridgehead atoms. The van der Waals surface area contributed by atoms with Crippen LogP contribution >= 0.6 is 0 Å². The Labute approximate surface area is 359 Å². The first-order valence-corrected chi connectivity index (χ1v) is 20.7. The number of carbonyl (C=O) groups is 6. The fourth-order valence-corrected chi connectivity index (χ4v) is 10.4. The molecule has 3 aliphatic carbocycles. The van der Waals surface area contributed by atoms with E-state index in [1.54, 1.807) is 92.7 Å². The molecule has 1 saturated heterocycles. The average molecular weight is 853 g/mol. The summed E-state index contributed by atoms with van der Waals surface area (Å²) in [7, 11) is 0. The maximum absolute atomic E-state index is 15.5. The Morgan fingerprint density at radius 1 is 0.823 bits per heavy atom. The van der Waals surface area contributed by atoms with E-state index in [0.29, 0.717) is 11.1 Å². The Bertz CT molecular complexity index is 2270. The van der Waals surface area contributed by atoms with E-state index in [1.165, 1.54) is 26.0 Å². The fraction of sp³-hybridized carbons (Fsp3) is 0.458. The predicted octanol–water partition coefficient (Wildman–Crippen LogP) is 4.62. The third kappa shape index (κ3) is 7.36. The molecule has 7 rings (SSSR count). The molecule has 14 nitrogen and oxygen atoms in total. The van der Waals surface area contributed by atoms with E-state index in [2.05, 4.69) is 0 Å². The van der Waals surface area contributed by atoms with Crippen LogP contribution in [0.3, 0.4) is 0 Å². The van der Waals surface area contributed by atoms with Gasteiger partial charge in [-0.25, -0.2) is 9.59 Å². The van der Waals surface area contributed by atoms with Gasteiger partial charge in [0.15, 0.2) is 29.4 Å². The molecule has 0 spiro atoms. The number of carbonyl (C=O) groups excluding carboxylic acids is 6. The molecule has 3 N–H and O–H groups in total. The molecule has 4 aliphatic rings. The van der Waals surface area contributed by atoms with Gasteiger partial charge in [-0.15, -0.1) is 0 Å². The van der Waals surface area contributed by atoms with Gasteiger partial charge in [-0.05, 0) is 42.7 Å². The summed E-state index contributed by atoms with van der Waals surface area (Å²) in [5.41, 5.74) is -6.71. The number of benzene rings is 3. The number of aliphatic hydroxyl groups excluding tert-OH is 2. The van der Waals surface area contributed by atoms with Crippen LogP contribution in [0.15, 0.2) is 102 Å². The van der Waals surface area contributed by atoms with Crippen molar-refractivity contribution in [2.45, 2.75) is 115 Å². The zero-order valence-corrected chi connectivity index (χ0v) is 35.4. The van der Waals surface area contributed by atoms with Crippen molar-refractivity contribution in [3.8, 4) is 0 Å². The van der Waals surface area contributed by atoms with Crippen LogP contribution in [0.4, 0.5) is 0 Å². The molecule has 0 aromatic heterocycles. The van der Waals surface area contributed by atoms with Gasteiger partial charge in [0.2, 0.25) is 0 Å². The smallest absolute Gasteiger partial charge is 0.338 e. The van der Waals surface area contributed by atoms with Gasteiger partial charge < -0.3 is 39.0 Å². The van der Waals surface area contributed by atoms with Crippen LogP contribution in [0.2, 0.25) is 0 Å². The zero-order valence-electron chi connectivity index (χ0n) is 35.4. The summed E-state index contributed by atoms with van der Waals surface area (Å²) in [6, 6.07) is 24.8. The standard InChI is InChI=1S/C48H52O14/c1-26-34(60-44(56)38(53)32(29-16-10-7-11-17-29)22-33(51)30-18-12-8-13-19-30)24-48(57)42(61-43(55)31-20-14-9-15-21-31)40-46(6,35(52)23-36-47(40,25-58-36)62-28(3)50)41(54)39(59-27(2)49)37(26)45(48,4)5/h7-21,32,34-36,38-40,42,52-53,57H,22-25H2,1-6H3/t32?,34-,35-,36+,38?,39+,40-,42-,46+,47-,48+/m0/s1. The highest BCUT2D eigenvalue weighted by Crippen LogP contribution is 2.64. The number of aliphatic hydroxyl groups is 3. The van der Waals surface area contributed by atoms with E-state index < -0.39 is 107 Å². The molecule has 1 aliphatic heterocycles. The highest BCUT2D eigenvalue weighted by atomic mass is 16.6. The maximum Gasteiger partial charge on any atom is 0.338 e. The van der Waals surface area contributed by atoms with E-state index in [-0.39, 0.29) is 41.9 Å². The molecule has 1 heterocycles. The lowest BCUT2D eigenvalue weighted by atomic mass is 9.44. The summed E-state index contributed by atoms with van der Waals surface area (Å²) in [5.74, 6) is -7.57. The Morgan fingerprint density at radius 2 is 1.40 bits per heavy atom. The first kappa shape index (κ1) is 44.5. The topological polar surface area (TPSA) is 209 Å². The SMILES string of the molecule is CC(=O)O[C@H]1C(=O)[C@@]2(C)[C@H]([C@H](OC(=O)c3ccccc3)[C@]3(O)C[C@H](OC(=O)C(O)C(CC(=O)c4ccccc4)c4ccccc4)C(C)=C1C3(C)C)[C@]1(OC(C)=O)CO[C@@H]1C[C@@H]2O. The molecule has 62 heavy (non-hydrogen) atoms. The second-order valence-electron chi connectivity index (χ2n) is 17.6. The molecule has 14 heteroatoms. The highest BCUT2D eigenvalue weighted by Gasteiger charge is 2.78. The Kier molecular flexibility index (Phi) is 11.9. The third-order valence-corrected chi connectivity index (χ3v) is 13.8. The van der Waals surface area contributed by atoms with Gasteiger partial charge in [0.25, 0.3) is 0 Å². The summed E-state index contributed by atoms with van der Waals surface area (Å²) in [6.45, 7) is 8.04. The number of hydrogen-bond acceptors (Lipinski definition) is 14. The number of Topliss-reactive ketones (excluding diaryl/α,β-unsaturated/α-hetero) is 2. The van der Waals surface area contributed by atoms with E-state index in [4.69, 9.17) is 23.7 Å². The second kappa shape index (κ2) is 16.6. The summed E-state index contributed by atoms with van der Waals surface area (Å²) in [6.07, 6.45) is -10.6. The van der Waals surface area contributed by atoms with Crippen molar-refractivity contribution in [3.05, 3.63) is 119 Å². The van der Waals surface area contributed by atoms with Crippen LogP contribution in [-0.4, -0.2) is 105 Å².